The molecule has 0 spiro atoms. The maximum absolute atomic E-state index is 12.4. The minimum absolute atomic E-state index is 0.0144. The van der Waals surface area contributed by atoms with Crippen LogP contribution in [0.15, 0.2) is 30.6 Å². The van der Waals surface area contributed by atoms with Crippen LogP contribution in [0.4, 0.5) is 0 Å². The zero-order valence-electron chi connectivity index (χ0n) is 19.7. The fourth-order valence-corrected chi connectivity index (χ4v) is 4.31. The van der Waals surface area contributed by atoms with Crippen LogP contribution < -0.4 is 4.74 Å². The van der Waals surface area contributed by atoms with E-state index in [1.54, 1.807) is 12.4 Å². The van der Waals surface area contributed by atoms with E-state index in [-0.39, 0.29) is 17.6 Å². The van der Waals surface area contributed by atoms with Crippen LogP contribution in [0.3, 0.4) is 0 Å². The molecule has 3 rings (SSSR count). The molecular formula is C25H37N3O4. The van der Waals surface area contributed by atoms with Gasteiger partial charge in [-0.15, -0.1) is 0 Å². The Hall–Kier alpha value is -2.41. The van der Waals surface area contributed by atoms with E-state index in [2.05, 4.69) is 23.9 Å². The van der Waals surface area contributed by atoms with Gasteiger partial charge in [0.25, 0.3) is 0 Å². The Balaban J connectivity index is 1.49. The van der Waals surface area contributed by atoms with Crippen LogP contribution >= 0.6 is 0 Å². The quantitative estimate of drug-likeness (QED) is 0.316. The van der Waals surface area contributed by atoms with Gasteiger partial charge in [0, 0.05) is 12.8 Å². The van der Waals surface area contributed by atoms with Crippen molar-refractivity contribution in [3.05, 3.63) is 30.6 Å². The Kier molecular flexibility index (Phi) is 9.09. The second-order valence-corrected chi connectivity index (χ2v) is 8.37. The molecule has 0 bridgehead atoms. The third-order valence-electron chi connectivity index (χ3n) is 6.48. The summed E-state index contributed by atoms with van der Waals surface area (Å²) >= 11 is 0. The molecule has 32 heavy (non-hydrogen) atoms. The Morgan fingerprint density at radius 1 is 1.19 bits per heavy atom. The van der Waals surface area contributed by atoms with Crippen molar-refractivity contribution in [2.24, 2.45) is 5.41 Å². The summed E-state index contributed by atoms with van der Waals surface area (Å²) in [5.41, 5.74) is 1.44. The third kappa shape index (κ3) is 5.88. The molecule has 1 saturated heterocycles. The summed E-state index contributed by atoms with van der Waals surface area (Å²) in [6.07, 6.45) is 11.0. The number of esters is 1. The van der Waals surface area contributed by atoms with Gasteiger partial charge in [-0.25, -0.2) is 4.68 Å². The second kappa shape index (κ2) is 12.0. The summed E-state index contributed by atoms with van der Waals surface area (Å²) < 4.78 is 19.0. The summed E-state index contributed by atoms with van der Waals surface area (Å²) in [4.78, 5) is 17.0. The molecule has 3 heterocycles. The molecule has 2 aromatic rings. The summed E-state index contributed by atoms with van der Waals surface area (Å²) in [6.45, 7) is 7.80. The average Bonchev–Trinajstić information content (AvgIpc) is 3.33. The van der Waals surface area contributed by atoms with E-state index in [0.29, 0.717) is 13.2 Å². The molecule has 176 valence electrons. The number of pyridine rings is 1. The first kappa shape index (κ1) is 24.2. The summed E-state index contributed by atoms with van der Waals surface area (Å²) in [7, 11) is 0. The molecule has 1 unspecified atom stereocenters. The largest absolute Gasteiger partial charge is 0.492 e. The summed E-state index contributed by atoms with van der Waals surface area (Å²) in [6, 6.07) is 5.88. The molecule has 0 saturated carbocycles. The van der Waals surface area contributed by atoms with Crippen LogP contribution in [0.5, 0.6) is 5.75 Å². The van der Waals surface area contributed by atoms with Gasteiger partial charge in [0.1, 0.15) is 5.75 Å². The zero-order chi connectivity index (χ0) is 22.8. The topological polar surface area (TPSA) is 75.5 Å². The smallest absolute Gasteiger partial charge is 0.312 e. The number of ether oxygens (including phenoxy) is 3. The maximum atomic E-state index is 12.4. The predicted molar refractivity (Wildman–Crippen MR) is 123 cm³/mol. The SMILES string of the molecule is CCOC(=O)C(CC)(CC)CCCCOc1ccc(-c2ccnn2C2CCCCO2)nc1. The third-order valence-corrected chi connectivity index (χ3v) is 6.48. The maximum Gasteiger partial charge on any atom is 0.312 e. The van der Waals surface area contributed by atoms with Crippen molar-refractivity contribution >= 4 is 5.97 Å². The summed E-state index contributed by atoms with van der Waals surface area (Å²) in [5, 5.41) is 4.45. The first-order chi connectivity index (χ1) is 15.6. The van der Waals surface area contributed by atoms with Crippen LogP contribution in [-0.4, -0.2) is 40.6 Å². The molecule has 0 aliphatic carbocycles. The lowest BCUT2D eigenvalue weighted by Crippen LogP contribution is -2.32. The first-order valence-electron chi connectivity index (χ1n) is 12.0. The Morgan fingerprint density at radius 2 is 2.03 bits per heavy atom. The van der Waals surface area contributed by atoms with Crippen molar-refractivity contribution < 1.29 is 19.0 Å². The van der Waals surface area contributed by atoms with E-state index in [1.807, 2.05) is 29.8 Å². The van der Waals surface area contributed by atoms with Gasteiger partial charge in [0.2, 0.25) is 0 Å². The highest BCUT2D eigenvalue weighted by Crippen LogP contribution is 2.34. The van der Waals surface area contributed by atoms with Gasteiger partial charge >= 0.3 is 5.97 Å². The monoisotopic (exact) mass is 443 g/mol. The van der Waals surface area contributed by atoms with Crippen molar-refractivity contribution in [3.8, 4) is 17.1 Å². The molecule has 1 atom stereocenters. The average molecular weight is 444 g/mol. The zero-order valence-corrected chi connectivity index (χ0v) is 19.7. The number of unbranched alkanes of at least 4 members (excludes halogenated alkanes) is 1. The normalized spacial score (nSPS) is 16.7. The highest BCUT2D eigenvalue weighted by molar-refractivity contribution is 5.76. The molecule has 2 aromatic heterocycles. The predicted octanol–water partition coefficient (Wildman–Crippen LogP) is 5.56. The molecule has 0 radical (unpaired) electrons. The van der Waals surface area contributed by atoms with E-state index in [0.717, 1.165) is 75.1 Å². The fourth-order valence-electron chi connectivity index (χ4n) is 4.31. The van der Waals surface area contributed by atoms with Crippen LogP contribution in [0.1, 0.15) is 78.4 Å². The molecule has 7 nitrogen and oxygen atoms in total. The van der Waals surface area contributed by atoms with Crippen LogP contribution in [0, 0.1) is 5.41 Å². The lowest BCUT2D eigenvalue weighted by atomic mass is 9.78. The molecule has 7 heteroatoms. The summed E-state index contributed by atoms with van der Waals surface area (Å²) in [5.74, 6) is 0.681. The molecular weight excluding hydrogens is 406 g/mol. The number of hydrogen-bond donors (Lipinski definition) is 0. The standard InChI is InChI=1S/C25H37N3O4/c1-4-25(5-2,24(29)30-6-3)15-8-10-17-31-20-12-13-21(26-19-20)22-14-16-27-28(22)23-11-7-9-18-32-23/h12-14,16,19,23H,4-11,15,17-18H2,1-3H3. The van der Waals surface area contributed by atoms with Gasteiger partial charge in [0.05, 0.1) is 36.2 Å². The van der Waals surface area contributed by atoms with Crippen LogP contribution in [0.2, 0.25) is 0 Å². The number of hydrogen-bond acceptors (Lipinski definition) is 6. The van der Waals surface area contributed by atoms with Gasteiger partial charge < -0.3 is 14.2 Å². The highest BCUT2D eigenvalue weighted by atomic mass is 16.5. The Morgan fingerprint density at radius 3 is 2.69 bits per heavy atom. The van der Waals surface area contributed by atoms with E-state index < -0.39 is 0 Å². The molecule has 1 fully saturated rings. The molecule has 1 aliphatic rings. The molecule has 0 amide bonds. The van der Waals surface area contributed by atoms with Crippen molar-refractivity contribution in [3.63, 3.8) is 0 Å². The molecule has 0 aromatic carbocycles. The van der Waals surface area contributed by atoms with Gasteiger partial charge in [0.15, 0.2) is 6.23 Å². The van der Waals surface area contributed by atoms with E-state index in [4.69, 9.17) is 14.2 Å². The van der Waals surface area contributed by atoms with E-state index >= 15 is 0 Å². The van der Waals surface area contributed by atoms with Gasteiger partial charge in [-0.3, -0.25) is 9.78 Å². The van der Waals surface area contributed by atoms with Crippen molar-refractivity contribution in [1.29, 1.82) is 0 Å². The van der Waals surface area contributed by atoms with Crippen LogP contribution in [0.25, 0.3) is 11.4 Å². The van der Waals surface area contributed by atoms with E-state index in [9.17, 15) is 4.79 Å². The minimum Gasteiger partial charge on any atom is -0.492 e. The van der Waals surface area contributed by atoms with Crippen LogP contribution in [-0.2, 0) is 14.3 Å². The highest BCUT2D eigenvalue weighted by Gasteiger charge is 2.35. The number of carbonyl (C=O) groups is 1. The van der Waals surface area contributed by atoms with Crippen molar-refractivity contribution in [2.45, 2.75) is 78.4 Å². The number of aromatic nitrogens is 3. The van der Waals surface area contributed by atoms with Gasteiger partial charge in [-0.2, -0.15) is 5.10 Å². The van der Waals surface area contributed by atoms with Crippen molar-refractivity contribution in [2.75, 3.05) is 19.8 Å². The number of nitrogens with zero attached hydrogens (tertiary/aromatic N) is 3. The van der Waals surface area contributed by atoms with Gasteiger partial charge in [-0.05, 0) is 76.5 Å². The Bertz CT molecular complexity index is 824. The van der Waals surface area contributed by atoms with Crippen molar-refractivity contribution in [1.82, 2.24) is 14.8 Å². The Labute approximate surface area is 191 Å². The minimum atomic E-state index is -0.371. The fraction of sp³-hybridized carbons (Fsp3) is 0.640. The lowest BCUT2D eigenvalue weighted by molar-refractivity contribution is -0.156. The first-order valence-corrected chi connectivity index (χ1v) is 12.0. The van der Waals surface area contributed by atoms with E-state index in [1.165, 1.54) is 0 Å². The lowest BCUT2D eigenvalue weighted by Gasteiger charge is -2.29. The molecule has 0 N–H and O–H groups in total. The van der Waals surface area contributed by atoms with Gasteiger partial charge in [-0.1, -0.05) is 13.8 Å². The second-order valence-electron chi connectivity index (χ2n) is 8.37. The number of carbonyl (C=O) groups excluding carboxylic acids is 1. The number of rotatable bonds is 12. The molecule has 1 aliphatic heterocycles.